The first-order chi connectivity index (χ1) is 8.33. The number of allylic oxidation sites excluding steroid dienone is 2. The van der Waals surface area contributed by atoms with E-state index in [1.54, 1.807) is 7.11 Å². The minimum absolute atomic E-state index is 0.706. The molecule has 1 aliphatic rings. The highest BCUT2D eigenvalue weighted by molar-refractivity contribution is 5.51. The van der Waals surface area contributed by atoms with Gasteiger partial charge in [0, 0.05) is 25.9 Å². The second-order valence-electron chi connectivity index (χ2n) is 4.17. The number of ether oxygens (including phenoxy) is 1. The van der Waals surface area contributed by atoms with Crippen LogP contribution in [0.25, 0.3) is 12.2 Å². The summed E-state index contributed by atoms with van der Waals surface area (Å²) in [6, 6.07) is 0. The average molecular weight is 233 g/mol. The van der Waals surface area contributed by atoms with Gasteiger partial charge in [0.15, 0.2) is 5.82 Å². The summed E-state index contributed by atoms with van der Waals surface area (Å²) >= 11 is 0. The van der Waals surface area contributed by atoms with Crippen molar-refractivity contribution in [3.05, 3.63) is 22.7 Å². The van der Waals surface area contributed by atoms with E-state index in [2.05, 4.69) is 39.4 Å². The van der Waals surface area contributed by atoms with Crippen molar-refractivity contribution in [2.45, 2.75) is 12.8 Å². The Morgan fingerprint density at radius 3 is 3.18 bits per heavy atom. The molecule has 0 saturated carbocycles. The van der Waals surface area contributed by atoms with Crippen molar-refractivity contribution in [1.29, 1.82) is 0 Å². The summed E-state index contributed by atoms with van der Waals surface area (Å²) in [7, 11) is 3.75. The lowest BCUT2D eigenvalue weighted by Gasteiger charge is -2.15. The van der Waals surface area contributed by atoms with E-state index in [-0.39, 0.29) is 0 Å². The van der Waals surface area contributed by atoms with Crippen LogP contribution < -0.4 is 15.5 Å². The normalized spacial score (nSPS) is 20.1. The Hall–Kier alpha value is -1.55. The van der Waals surface area contributed by atoms with Crippen LogP contribution in [0.1, 0.15) is 12.8 Å². The van der Waals surface area contributed by atoms with Gasteiger partial charge in [0.2, 0.25) is 0 Å². The standard InChI is InChI=1S/C13H19N3O/c1-16(9-10-17-2)13-11-7-5-3-4-6-8-12(11)14-15-13/h3,5,7-8,14H,4,6,9-10H2,1-2H3/b5-3+,11-7+,12-8+. The third-order valence-corrected chi connectivity index (χ3v) is 2.89. The molecular formula is C13H19N3O. The molecule has 1 heterocycles. The van der Waals surface area contributed by atoms with Gasteiger partial charge in [0.25, 0.3) is 0 Å². The Morgan fingerprint density at radius 1 is 1.47 bits per heavy atom. The van der Waals surface area contributed by atoms with E-state index in [0.29, 0.717) is 6.61 Å². The van der Waals surface area contributed by atoms with Crippen molar-refractivity contribution in [3.8, 4) is 0 Å². The highest BCUT2D eigenvalue weighted by Crippen LogP contribution is 2.00. The lowest BCUT2D eigenvalue weighted by Crippen LogP contribution is -2.31. The van der Waals surface area contributed by atoms with Gasteiger partial charge in [-0.3, -0.25) is 5.10 Å². The summed E-state index contributed by atoms with van der Waals surface area (Å²) in [5, 5.41) is 9.77. The molecule has 0 aliphatic heterocycles. The molecule has 1 aromatic heterocycles. The van der Waals surface area contributed by atoms with Gasteiger partial charge in [0.1, 0.15) is 0 Å². The lowest BCUT2D eigenvalue weighted by atomic mass is 10.2. The molecule has 4 heteroatoms. The molecule has 0 saturated heterocycles. The molecule has 1 N–H and O–H groups in total. The average Bonchev–Trinajstić information content (AvgIpc) is 2.68. The van der Waals surface area contributed by atoms with Gasteiger partial charge >= 0.3 is 0 Å². The number of nitrogens with zero attached hydrogens (tertiary/aromatic N) is 2. The number of aromatic amines is 1. The third kappa shape index (κ3) is 2.77. The van der Waals surface area contributed by atoms with E-state index in [9.17, 15) is 0 Å². The van der Waals surface area contributed by atoms with E-state index in [4.69, 9.17) is 4.74 Å². The number of likely N-dealkylation sites (N-methyl/N-ethyl adjacent to an activating group) is 1. The number of hydrogen-bond acceptors (Lipinski definition) is 3. The van der Waals surface area contributed by atoms with Crippen molar-refractivity contribution < 1.29 is 4.74 Å². The Labute approximate surface area is 101 Å². The van der Waals surface area contributed by atoms with E-state index in [0.717, 1.165) is 30.6 Å². The molecular weight excluding hydrogens is 214 g/mol. The van der Waals surface area contributed by atoms with Crippen molar-refractivity contribution in [2.75, 3.05) is 32.2 Å². The molecule has 2 rings (SSSR count). The molecule has 0 spiro atoms. The minimum atomic E-state index is 0.706. The van der Waals surface area contributed by atoms with Crippen LogP contribution in [0.3, 0.4) is 0 Å². The smallest absolute Gasteiger partial charge is 0.158 e. The molecule has 0 amide bonds. The zero-order chi connectivity index (χ0) is 12.1. The monoisotopic (exact) mass is 233 g/mol. The predicted molar refractivity (Wildman–Crippen MR) is 70.3 cm³/mol. The van der Waals surface area contributed by atoms with Gasteiger partial charge in [-0.25, -0.2) is 0 Å². The van der Waals surface area contributed by atoms with E-state index in [1.165, 1.54) is 5.22 Å². The second kappa shape index (κ2) is 5.68. The highest BCUT2D eigenvalue weighted by Gasteiger charge is 2.07. The summed E-state index contributed by atoms with van der Waals surface area (Å²) in [5.74, 6) is 0.986. The molecule has 1 aromatic rings. The number of methoxy groups -OCH3 is 1. The molecule has 0 radical (unpaired) electrons. The molecule has 4 nitrogen and oxygen atoms in total. The van der Waals surface area contributed by atoms with E-state index < -0.39 is 0 Å². The molecule has 0 bridgehead atoms. The zero-order valence-electron chi connectivity index (χ0n) is 10.4. The molecule has 0 aromatic carbocycles. The lowest BCUT2D eigenvalue weighted by molar-refractivity contribution is 0.206. The maximum absolute atomic E-state index is 5.09. The summed E-state index contributed by atoms with van der Waals surface area (Å²) < 4.78 is 5.09. The van der Waals surface area contributed by atoms with Crippen molar-refractivity contribution in [1.82, 2.24) is 10.2 Å². The number of fused-ring (bicyclic) bond motifs is 1. The fourth-order valence-corrected chi connectivity index (χ4v) is 1.88. The number of hydrogen-bond donors (Lipinski definition) is 1. The van der Waals surface area contributed by atoms with Gasteiger partial charge in [-0.15, -0.1) is 0 Å². The van der Waals surface area contributed by atoms with Crippen LogP contribution in [-0.4, -0.2) is 37.5 Å². The fraction of sp³-hybridized carbons (Fsp3) is 0.462. The summed E-state index contributed by atoms with van der Waals surface area (Å²) in [6.45, 7) is 1.54. The molecule has 92 valence electrons. The van der Waals surface area contributed by atoms with Crippen molar-refractivity contribution >= 4 is 18.0 Å². The Kier molecular flexibility index (Phi) is 3.98. The molecule has 17 heavy (non-hydrogen) atoms. The topological polar surface area (TPSA) is 41.1 Å². The first-order valence-corrected chi connectivity index (χ1v) is 5.94. The van der Waals surface area contributed by atoms with E-state index in [1.807, 2.05) is 7.05 Å². The number of nitrogens with one attached hydrogen (secondary N) is 1. The summed E-state index contributed by atoms with van der Waals surface area (Å²) in [5.41, 5.74) is 0. The second-order valence-corrected chi connectivity index (χ2v) is 4.17. The van der Waals surface area contributed by atoms with Crippen LogP contribution in [-0.2, 0) is 4.74 Å². The van der Waals surface area contributed by atoms with Crippen LogP contribution in [0.4, 0.5) is 5.82 Å². The Bertz CT molecular complexity index is 501. The van der Waals surface area contributed by atoms with Gasteiger partial charge in [-0.2, -0.15) is 5.10 Å². The Balaban J connectivity index is 2.35. The first-order valence-electron chi connectivity index (χ1n) is 5.94. The summed E-state index contributed by atoms with van der Waals surface area (Å²) in [6.07, 6.45) is 10.8. The highest BCUT2D eigenvalue weighted by atomic mass is 16.5. The SMILES string of the molecule is COCCN(C)c1n[nH]c2/c1=C\C=C\CC\C=2. The zero-order valence-corrected chi connectivity index (χ0v) is 10.4. The van der Waals surface area contributed by atoms with Crippen LogP contribution in [0.2, 0.25) is 0 Å². The maximum atomic E-state index is 5.09. The van der Waals surface area contributed by atoms with Gasteiger partial charge in [-0.1, -0.05) is 18.2 Å². The molecule has 0 fully saturated rings. The number of anilines is 1. The van der Waals surface area contributed by atoms with Gasteiger partial charge in [0.05, 0.1) is 12.0 Å². The molecule has 1 aliphatic carbocycles. The number of aromatic nitrogens is 2. The Morgan fingerprint density at radius 2 is 2.35 bits per heavy atom. The van der Waals surface area contributed by atoms with Crippen molar-refractivity contribution in [3.63, 3.8) is 0 Å². The quantitative estimate of drug-likeness (QED) is 0.818. The minimum Gasteiger partial charge on any atom is -0.383 e. The van der Waals surface area contributed by atoms with Crippen LogP contribution in [0, 0.1) is 0 Å². The fourth-order valence-electron chi connectivity index (χ4n) is 1.88. The predicted octanol–water partition coefficient (Wildman–Crippen LogP) is 0.403. The van der Waals surface area contributed by atoms with Crippen LogP contribution in [0.5, 0.6) is 0 Å². The van der Waals surface area contributed by atoms with Crippen LogP contribution in [0.15, 0.2) is 12.2 Å². The van der Waals surface area contributed by atoms with Crippen molar-refractivity contribution in [2.24, 2.45) is 0 Å². The maximum Gasteiger partial charge on any atom is 0.158 e. The number of H-pyrrole nitrogens is 1. The number of rotatable bonds is 4. The first kappa shape index (κ1) is 11.9. The van der Waals surface area contributed by atoms with Crippen LogP contribution >= 0.6 is 0 Å². The largest absolute Gasteiger partial charge is 0.383 e. The van der Waals surface area contributed by atoms with Gasteiger partial charge in [-0.05, 0) is 18.9 Å². The third-order valence-electron chi connectivity index (χ3n) is 2.89. The van der Waals surface area contributed by atoms with Gasteiger partial charge < -0.3 is 9.64 Å². The summed E-state index contributed by atoms with van der Waals surface area (Å²) in [4.78, 5) is 2.11. The molecule has 0 unspecified atom stereocenters. The molecule has 0 atom stereocenters. The van der Waals surface area contributed by atoms with E-state index >= 15 is 0 Å².